The molecule has 230 valence electrons. The normalized spacial score (nSPS) is 19.7. The Hall–Kier alpha value is -2.80. The molecule has 1 aliphatic carbocycles. The third kappa shape index (κ3) is 7.13. The average Bonchev–Trinajstić information content (AvgIpc) is 2.97. The second-order valence-corrected chi connectivity index (χ2v) is 14.9. The lowest BCUT2D eigenvalue weighted by molar-refractivity contribution is 0.254. The highest BCUT2D eigenvalue weighted by Crippen LogP contribution is 2.38. The summed E-state index contributed by atoms with van der Waals surface area (Å²) < 4.78 is 90.4. The van der Waals surface area contributed by atoms with Crippen LogP contribution >= 0.6 is 23.2 Å². The van der Waals surface area contributed by atoms with Crippen molar-refractivity contribution in [1.82, 2.24) is 9.62 Å². The maximum atomic E-state index is 16.4. The number of ether oxygens (including phenoxy) is 1. The molecule has 43 heavy (non-hydrogen) atoms. The number of hydrogen-bond acceptors (Lipinski definition) is 6. The van der Waals surface area contributed by atoms with Crippen molar-refractivity contribution in [3.63, 3.8) is 0 Å². The fourth-order valence-corrected chi connectivity index (χ4v) is 7.98. The number of allylic oxidation sites excluding steroid dienone is 2. The highest BCUT2D eigenvalue weighted by molar-refractivity contribution is 7.93. The molecule has 3 aromatic rings. The van der Waals surface area contributed by atoms with Crippen LogP contribution in [-0.2, 0) is 19.9 Å². The standard InChI is InChI=1S/C30H30Cl2F2N2O5S2/c1-21(35-29-20-23(33)16-17-30(29,34)42(37,38)24-14-12-22(31)13-15-24)25-8-3-5-10-27(25)41-19-7-18-36(2)43(39,40)28-11-6-4-9-26(28)32/h3-6,8-17,20-21,29,35H,7,18-19H2,1-2H3. The first-order valence-electron chi connectivity index (χ1n) is 13.2. The fourth-order valence-electron chi connectivity index (χ4n) is 4.58. The number of nitrogens with zero attached hydrogens (tertiary/aromatic N) is 1. The molecule has 0 amide bonds. The molecule has 0 heterocycles. The molecule has 4 rings (SSSR count). The largest absolute Gasteiger partial charge is 0.493 e. The van der Waals surface area contributed by atoms with Gasteiger partial charge >= 0.3 is 0 Å². The monoisotopic (exact) mass is 670 g/mol. The molecule has 13 heteroatoms. The Morgan fingerprint density at radius 3 is 2.35 bits per heavy atom. The van der Waals surface area contributed by atoms with Gasteiger partial charge in [-0.15, -0.1) is 0 Å². The minimum atomic E-state index is -4.63. The van der Waals surface area contributed by atoms with Crippen LogP contribution in [0.2, 0.25) is 10.0 Å². The Kier molecular flexibility index (Phi) is 10.4. The van der Waals surface area contributed by atoms with E-state index in [1.807, 2.05) is 0 Å². The van der Waals surface area contributed by atoms with Crippen LogP contribution in [-0.4, -0.2) is 52.4 Å². The van der Waals surface area contributed by atoms with Gasteiger partial charge in [0.15, 0.2) is 0 Å². The maximum absolute atomic E-state index is 16.4. The number of halogens is 4. The van der Waals surface area contributed by atoms with Crippen LogP contribution < -0.4 is 10.1 Å². The Bertz CT molecular complexity index is 1740. The molecule has 7 nitrogen and oxygen atoms in total. The summed E-state index contributed by atoms with van der Waals surface area (Å²) in [5.41, 5.74) is 0.564. The number of alkyl halides is 1. The van der Waals surface area contributed by atoms with Gasteiger partial charge in [0.2, 0.25) is 19.9 Å². The molecule has 0 spiro atoms. The third-order valence-corrected chi connectivity index (χ3v) is 11.7. The number of hydrogen-bond donors (Lipinski definition) is 1. The molecular formula is C30H30Cl2F2N2O5S2. The second-order valence-electron chi connectivity index (χ2n) is 9.90. The number of para-hydroxylation sites is 1. The minimum absolute atomic E-state index is 0.00962. The topological polar surface area (TPSA) is 92.8 Å². The minimum Gasteiger partial charge on any atom is -0.493 e. The Morgan fingerprint density at radius 2 is 1.65 bits per heavy atom. The molecule has 0 saturated carbocycles. The quantitative estimate of drug-likeness (QED) is 0.217. The zero-order valence-corrected chi connectivity index (χ0v) is 26.4. The van der Waals surface area contributed by atoms with Crippen LogP contribution in [0.15, 0.2) is 107 Å². The zero-order chi connectivity index (χ0) is 31.4. The number of nitrogens with one attached hydrogen (secondary N) is 1. The summed E-state index contributed by atoms with van der Waals surface area (Å²) in [6.45, 7) is 1.96. The number of rotatable bonds is 12. The third-order valence-electron chi connectivity index (χ3n) is 6.97. The summed E-state index contributed by atoms with van der Waals surface area (Å²) in [5.74, 6) is -0.371. The van der Waals surface area contributed by atoms with Crippen LogP contribution in [0.5, 0.6) is 5.75 Å². The smallest absolute Gasteiger partial charge is 0.252 e. The highest BCUT2D eigenvalue weighted by Gasteiger charge is 2.51. The van der Waals surface area contributed by atoms with Crippen LogP contribution in [0, 0.1) is 0 Å². The second kappa shape index (κ2) is 13.5. The van der Waals surface area contributed by atoms with Crippen LogP contribution in [0.4, 0.5) is 8.78 Å². The van der Waals surface area contributed by atoms with E-state index < -0.39 is 42.8 Å². The molecular weight excluding hydrogens is 641 g/mol. The predicted octanol–water partition coefficient (Wildman–Crippen LogP) is 6.67. The zero-order valence-electron chi connectivity index (χ0n) is 23.3. The summed E-state index contributed by atoms with van der Waals surface area (Å²) in [6.07, 6.45) is 2.72. The van der Waals surface area contributed by atoms with E-state index in [2.05, 4.69) is 5.32 Å². The first-order valence-corrected chi connectivity index (χ1v) is 16.9. The number of sulfone groups is 1. The van der Waals surface area contributed by atoms with Crippen LogP contribution in [0.1, 0.15) is 24.9 Å². The average molecular weight is 672 g/mol. The van der Waals surface area contributed by atoms with Gasteiger partial charge in [0, 0.05) is 30.2 Å². The van der Waals surface area contributed by atoms with Gasteiger partial charge in [-0.2, -0.15) is 0 Å². The molecule has 0 saturated heterocycles. The Morgan fingerprint density at radius 1 is 1.00 bits per heavy atom. The first kappa shape index (κ1) is 33.1. The summed E-state index contributed by atoms with van der Waals surface area (Å²) in [6, 6.07) is 15.8. The molecule has 0 fully saturated rings. The molecule has 0 aliphatic heterocycles. The maximum Gasteiger partial charge on any atom is 0.252 e. The van der Waals surface area contributed by atoms with E-state index in [9.17, 15) is 21.2 Å². The molecule has 3 atom stereocenters. The van der Waals surface area contributed by atoms with Gasteiger partial charge in [0.25, 0.3) is 5.00 Å². The van der Waals surface area contributed by atoms with E-state index in [4.69, 9.17) is 27.9 Å². The summed E-state index contributed by atoms with van der Waals surface area (Å²) in [7, 11) is -6.98. The van der Waals surface area contributed by atoms with Crippen molar-refractivity contribution in [2.75, 3.05) is 20.2 Å². The van der Waals surface area contributed by atoms with Gasteiger partial charge in [0.05, 0.1) is 22.6 Å². The van der Waals surface area contributed by atoms with Crippen molar-refractivity contribution in [2.24, 2.45) is 0 Å². The van der Waals surface area contributed by atoms with Gasteiger partial charge in [-0.1, -0.05) is 53.5 Å². The molecule has 3 unspecified atom stereocenters. The summed E-state index contributed by atoms with van der Waals surface area (Å²) in [5, 5.41) is 0.316. The van der Waals surface area contributed by atoms with Crippen LogP contribution in [0.25, 0.3) is 0 Å². The molecule has 0 aromatic heterocycles. The van der Waals surface area contributed by atoms with E-state index in [-0.39, 0.29) is 33.0 Å². The van der Waals surface area contributed by atoms with E-state index in [1.165, 1.54) is 47.8 Å². The molecule has 3 aromatic carbocycles. The predicted molar refractivity (Wildman–Crippen MR) is 164 cm³/mol. The summed E-state index contributed by atoms with van der Waals surface area (Å²) in [4.78, 5) is -0.292. The number of benzene rings is 3. The number of sulfonamides is 1. The molecule has 1 aliphatic rings. The van der Waals surface area contributed by atoms with Gasteiger partial charge in [-0.25, -0.2) is 29.9 Å². The van der Waals surface area contributed by atoms with Gasteiger partial charge < -0.3 is 4.74 Å². The Labute approximate surface area is 260 Å². The first-order chi connectivity index (χ1) is 20.3. The molecule has 0 radical (unpaired) electrons. The van der Waals surface area contributed by atoms with Crippen molar-refractivity contribution in [1.29, 1.82) is 0 Å². The van der Waals surface area contributed by atoms with Crippen molar-refractivity contribution >= 4 is 43.1 Å². The van der Waals surface area contributed by atoms with E-state index >= 15 is 4.39 Å². The lowest BCUT2D eigenvalue weighted by Gasteiger charge is -2.34. The lowest BCUT2D eigenvalue weighted by atomic mass is 10.0. The van der Waals surface area contributed by atoms with E-state index in [0.717, 1.165) is 12.2 Å². The Balaban J connectivity index is 1.46. The molecule has 1 N–H and O–H groups in total. The van der Waals surface area contributed by atoms with Crippen molar-refractivity contribution in [3.05, 3.63) is 112 Å². The fraction of sp³-hybridized carbons (Fsp3) is 0.267. The van der Waals surface area contributed by atoms with Gasteiger partial charge in [-0.05, 0) is 74.0 Å². The lowest BCUT2D eigenvalue weighted by Crippen LogP contribution is -2.52. The van der Waals surface area contributed by atoms with Gasteiger partial charge in [-0.3, -0.25) is 5.32 Å². The van der Waals surface area contributed by atoms with Gasteiger partial charge in [0.1, 0.15) is 16.5 Å². The van der Waals surface area contributed by atoms with E-state index in [0.29, 0.717) is 23.8 Å². The van der Waals surface area contributed by atoms with E-state index in [1.54, 1.807) is 43.3 Å². The van der Waals surface area contributed by atoms with Crippen molar-refractivity contribution in [2.45, 2.75) is 40.2 Å². The van der Waals surface area contributed by atoms with Crippen LogP contribution in [0.3, 0.4) is 0 Å². The van der Waals surface area contributed by atoms with Crippen molar-refractivity contribution < 1.29 is 30.4 Å². The van der Waals surface area contributed by atoms with Crippen molar-refractivity contribution in [3.8, 4) is 5.75 Å². The molecule has 0 bridgehead atoms. The highest BCUT2D eigenvalue weighted by atomic mass is 35.5. The SMILES string of the molecule is CC(NC1C=C(F)C=CC1(F)S(=O)(=O)c1ccc(Cl)cc1)c1ccccc1OCCCN(C)S(=O)(=O)c1ccccc1Cl. The summed E-state index contributed by atoms with van der Waals surface area (Å²) >= 11 is 11.9.